The minimum absolute atomic E-state index is 0.150. The Hall–Kier alpha value is -3.33. The van der Waals surface area contributed by atoms with Gasteiger partial charge in [-0.1, -0.05) is 12.1 Å². The molecule has 0 bridgehead atoms. The van der Waals surface area contributed by atoms with E-state index < -0.39 is 6.10 Å². The summed E-state index contributed by atoms with van der Waals surface area (Å²) in [6, 6.07) is 15.7. The molecule has 6 heteroatoms. The van der Waals surface area contributed by atoms with Crippen LogP contribution in [0.15, 0.2) is 48.5 Å². The molecule has 2 aromatic carbocycles. The Bertz CT molecular complexity index is 825. The van der Waals surface area contributed by atoms with Gasteiger partial charge in [-0.15, -0.1) is 0 Å². The third-order valence-electron chi connectivity index (χ3n) is 3.73. The molecule has 2 atom stereocenters. The van der Waals surface area contributed by atoms with Crippen molar-refractivity contribution in [1.82, 2.24) is 5.32 Å². The Labute approximate surface area is 152 Å². The molecular weight excluding hydrogens is 330 g/mol. The van der Waals surface area contributed by atoms with E-state index in [1.165, 1.54) is 6.92 Å². The van der Waals surface area contributed by atoms with Gasteiger partial charge in [-0.25, -0.2) is 0 Å². The van der Waals surface area contributed by atoms with Gasteiger partial charge in [-0.05, 0) is 55.8 Å². The maximum atomic E-state index is 12.4. The molecule has 26 heavy (non-hydrogen) atoms. The average Bonchev–Trinajstić information content (AvgIpc) is 2.62. The maximum absolute atomic E-state index is 12.4. The fourth-order valence-corrected chi connectivity index (χ4v) is 2.37. The van der Waals surface area contributed by atoms with Gasteiger partial charge < -0.3 is 15.4 Å². The van der Waals surface area contributed by atoms with Crippen molar-refractivity contribution in [2.75, 3.05) is 5.32 Å². The molecule has 6 nitrogen and oxygen atoms in total. The predicted octanol–water partition coefficient (Wildman–Crippen LogP) is 3.16. The summed E-state index contributed by atoms with van der Waals surface area (Å²) >= 11 is 0. The summed E-state index contributed by atoms with van der Waals surface area (Å²) in [4.78, 5) is 23.5. The SMILES string of the molecule is CC(=O)Nc1cccc(C(C)NC(=O)C(C)Oc2ccc(C#N)cc2)c1. The number of amides is 2. The van der Waals surface area contributed by atoms with Gasteiger partial charge in [0.2, 0.25) is 5.91 Å². The largest absolute Gasteiger partial charge is 0.481 e. The number of hydrogen-bond donors (Lipinski definition) is 2. The molecule has 0 aliphatic rings. The predicted molar refractivity (Wildman–Crippen MR) is 98.6 cm³/mol. The number of rotatable bonds is 6. The number of carbonyl (C=O) groups excluding carboxylic acids is 2. The van der Waals surface area contributed by atoms with Crippen LogP contribution >= 0.6 is 0 Å². The molecule has 2 unspecified atom stereocenters. The van der Waals surface area contributed by atoms with Crippen molar-refractivity contribution in [2.45, 2.75) is 32.9 Å². The van der Waals surface area contributed by atoms with E-state index in [0.717, 1.165) is 5.56 Å². The molecule has 0 heterocycles. The van der Waals surface area contributed by atoms with Crippen LogP contribution in [0.1, 0.15) is 37.9 Å². The average molecular weight is 351 g/mol. The topological polar surface area (TPSA) is 91.2 Å². The summed E-state index contributed by atoms with van der Waals surface area (Å²) in [5, 5.41) is 14.4. The van der Waals surface area contributed by atoms with Gasteiger partial charge in [0.25, 0.3) is 5.91 Å². The van der Waals surface area contributed by atoms with E-state index in [9.17, 15) is 9.59 Å². The number of hydrogen-bond acceptors (Lipinski definition) is 4. The Kier molecular flexibility index (Phi) is 6.34. The van der Waals surface area contributed by atoms with Gasteiger partial charge in [-0.2, -0.15) is 5.26 Å². The van der Waals surface area contributed by atoms with E-state index in [2.05, 4.69) is 10.6 Å². The first-order valence-corrected chi connectivity index (χ1v) is 8.24. The lowest BCUT2D eigenvalue weighted by atomic mass is 10.1. The van der Waals surface area contributed by atoms with E-state index in [-0.39, 0.29) is 17.9 Å². The Morgan fingerprint density at radius 1 is 1.12 bits per heavy atom. The highest BCUT2D eigenvalue weighted by atomic mass is 16.5. The van der Waals surface area contributed by atoms with E-state index in [1.807, 2.05) is 31.2 Å². The Balaban J connectivity index is 1.97. The van der Waals surface area contributed by atoms with Crippen molar-refractivity contribution in [1.29, 1.82) is 5.26 Å². The van der Waals surface area contributed by atoms with Crippen molar-refractivity contribution in [3.8, 4) is 11.8 Å². The van der Waals surface area contributed by atoms with Crippen LogP contribution in [-0.2, 0) is 9.59 Å². The maximum Gasteiger partial charge on any atom is 0.261 e. The molecule has 2 amide bonds. The number of benzene rings is 2. The summed E-state index contributed by atoms with van der Waals surface area (Å²) in [7, 11) is 0. The Morgan fingerprint density at radius 3 is 2.42 bits per heavy atom. The zero-order chi connectivity index (χ0) is 19.1. The van der Waals surface area contributed by atoms with Crippen LogP contribution in [0, 0.1) is 11.3 Å². The van der Waals surface area contributed by atoms with E-state index in [1.54, 1.807) is 37.3 Å². The standard InChI is InChI=1S/C20H21N3O3/c1-13(17-5-4-6-18(11-17)23-15(3)24)22-20(25)14(2)26-19-9-7-16(12-21)8-10-19/h4-11,13-14H,1-3H3,(H,22,25)(H,23,24). The summed E-state index contributed by atoms with van der Waals surface area (Å²) in [5.41, 5.74) is 2.08. The molecular formula is C20H21N3O3. The number of nitrogens with one attached hydrogen (secondary N) is 2. The highest BCUT2D eigenvalue weighted by Crippen LogP contribution is 2.18. The fraction of sp³-hybridized carbons (Fsp3) is 0.250. The van der Waals surface area contributed by atoms with Crippen molar-refractivity contribution in [3.05, 3.63) is 59.7 Å². The molecule has 2 rings (SSSR count). The molecule has 134 valence electrons. The quantitative estimate of drug-likeness (QED) is 0.836. The zero-order valence-electron chi connectivity index (χ0n) is 14.9. The van der Waals surface area contributed by atoms with Crippen LogP contribution in [-0.4, -0.2) is 17.9 Å². The van der Waals surface area contributed by atoms with E-state index >= 15 is 0 Å². The second-order valence-electron chi connectivity index (χ2n) is 5.93. The highest BCUT2D eigenvalue weighted by Gasteiger charge is 2.18. The molecule has 0 saturated heterocycles. The molecule has 0 radical (unpaired) electrons. The normalized spacial score (nSPS) is 12.4. The lowest BCUT2D eigenvalue weighted by molar-refractivity contribution is -0.128. The zero-order valence-corrected chi connectivity index (χ0v) is 14.9. The van der Waals surface area contributed by atoms with E-state index in [4.69, 9.17) is 10.00 Å². The minimum atomic E-state index is -0.691. The lowest BCUT2D eigenvalue weighted by Crippen LogP contribution is -2.37. The number of nitrogens with zero attached hydrogens (tertiary/aromatic N) is 1. The van der Waals surface area contributed by atoms with Crippen LogP contribution in [0.5, 0.6) is 5.75 Å². The molecule has 0 fully saturated rings. The van der Waals surface area contributed by atoms with Crippen molar-refractivity contribution >= 4 is 17.5 Å². The molecule has 0 spiro atoms. The van der Waals surface area contributed by atoms with Gasteiger partial charge in [0, 0.05) is 12.6 Å². The summed E-state index contributed by atoms with van der Waals surface area (Å²) in [6.07, 6.45) is -0.691. The van der Waals surface area contributed by atoms with Crippen LogP contribution in [0.4, 0.5) is 5.69 Å². The van der Waals surface area contributed by atoms with Crippen molar-refractivity contribution in [2.24, 2.45) is 0 Å². The van der Waals surface area contributed by atoms with Gasteiger partial charge in [0.15, 0.2) is 6.10 Å². The second-order valence-corrected chi connectivity index (χ2v) is 5.93. The monoisotopic (exact) mass is 351 g/mol. The number of anilines is 1. The second kappa shape index (κ2) is 8.67. The number of ether oxygens (including phenoxy) is 1. The molecule has 2 aromatic rings. The van der Waals surface area contributed by atoms with Gasteiger partial charge in [0.1, 0.15) is 5.75 Å². The van der Waals surface area contributed by atoms with Gasteiger partial charge in [-0.3, -0.25) is 9.59 Å². The van der Waals surface area contributed by atoms with Crippen LogP contribution in [0.2, 0.25) is 0 Å². The number of nitriles is 1. The summed E-state index contributed by atoms with van der Waals surface area (Å²) < 4.78 is 5.61. The smallest absolute Gasteiger partial charge is 0.261 e. The lowest BCUT2D eigenvalue weighted by Gasteiger charge is -2.19. The van der Waals surface area contributed by atoms with Crippen molar-refractivity contribution in [3.63, 3.8) is 0 Å². The molecule has 0 aliphatic carbocycles. The molecule has 0 aromatic heterocycles. The van der Waals surface area contributed by atoms with Crippen LogP contribution in [0.25, 0.3) is 0 Å². The first kappa shape index (κ1) is 19.0. The third-order valence-corrected chi connectivity index (χ3v) is 3.73. The summed E-state index contributed by atoms with van der Waals surface area (Å²) in [6.45, 7) is 4.97. The highest BCUT2D eigenvalue weighted by molar-refractivity contribution is 5.88. The van der Waals surface area contributed by atoms with Gasteiger partial charge >= 0.3 is 0 Å². The Morgan fingerprint density at radius 2 is 1.81 bits per heavy atom. The van der Waals surface area contributed by atoms with Crippen LogP contribution in [0.3, 0.4) is 0 Å². The minimum Gasteiger partial charge on any atom is -0.481 e. The first-order valence-electron chi connectivity index (χ1n) is 8.24. The fourth-order valence-electron chi connectivity index (χ4n) is 2.37. The summed E-state index contributed by atoms with van der Waals surface area (Å²) in [5.74, 6) is 0.113. The van der Waals surface area contributed by atoms with E-state index in [0.29, 0.717) is 17.0 Å². The third kappa shape index (κ3) is 5.35. The van der Waals surface area contributed by atoms with Crippen molar-refractivity contribution < 1.29 is 14.3 Å². The first-order chi connectivity index (χ1) is 12.4. The molecule has 0 aliphatic heterocycles. The van der Waals surface area contributed by atoms with Gasteiger partial charge in [0.05, 0.1) is 17.7 Å². The molecule has 0 saturated carbocycles. The van der Waals surface area contributed by atoms with Crippen LogP contribution < -0.4 is 15.4 Å². The molecule has 2 N–H and O–H groups in total. The number of carbonyl (C=O) groups is 2.